The van der Waals surface area contributed by atoms with E-state index in [9.17, 15) is 9.59 Å². The number of amides is 2. The fourth-order valence-corrected chi connectivity index (χ4v) is 5.68. The first-order chi connectivity index (χ1) is 18.1. The van der Waals surface area contributed by atoms with Crippen LogP contribution in [-0.2, 0) is 29.0 Å². The van der Waals surface area contributed by atoms with E-state index in [1.165, 1.54) is 0 Å². The van der Waals surface area contributed by atoms with Crippen molar-refractivity contribution in [2.45, 2.75) is 31.5 Å². The summed E-state index contributed by atoms with van der Waals surface area (Å²) in [5.41, 5.74) is 5.19. The normalized spacial score (nSPS) is 19.6. The van der Waals surface area contributed by atoms with Crippen molar-refractivity contribution in [3.8, 4) is 23.0 Å². The smallest absolute Gasteiger partial charge is 0.407 e. The van der Waals surface area contributed by atoms with Gasteiger partial charge in [0.1, 0.15) is 13.2 Å². The number of alkyl carbamates (subject to hydrolysis) is 1. The molecule has 3 aromatic rings. The van der Waals surface area contributed by atoms with Crippen LogP contribution in [-0.4, -0.2) is 37.0 Å². The molecule has 2 amide bonds. The lowest BCUT2D eigenvalue weighted by atomic mass is 9.76. The maximum Gasteiger partial charge on any atom is 0.407 e. The van der Waals surface area contributed by atoms with Gasteiger partial charge in [-0.1, -0.05) is 30.3 Å². The molecule has 1 N–H and O–H groups in total. The maximum absolute atomic E-state index is 13.6. The van der Waals surface area contributed by atoms with Gasteiger partial charge in [0, 0.05) is 0 Å². The number of carbonyl (C=O) groups excluding carboxylic acids is 2. The van der Waals surface area contributed by atoms with Gasteiger partial charge in [0.15, 0.2) is 23.0 Å². The SMILES string of the molecule is O=C(NCC(=O)N1C2Cc3cc4c(cc3C1Cc1cc3c(cc12)OCO3)OCO4)OCc1ccccc1. The van der Waals surface area contributed by atoms with E-state index in [1.54, 1.807) is 0 Å². The van der Waals surface area contributed by atoms with Crippen molar-refractivity contribution in [3.05, 3.63) is 82.4 Å². The molecule has 7 rings (SSSR count). The molecule has 0 fully saturated rings. The molecule has 9 nitrogen and oxygen atoms in total. The quantitative estimate of drug-likeness (QED) is 0.582. The Morgan fingerprint density at radius 2 is 1.35 bits per heavy atom. The van der Waals surface area contributed by atoms with Crippen LogP contribution in [0.1, 0.15) is 39.9 Å². The molecule has 37 heavy (non-hydrogen) atoms. The van der Waals surface area contributed by atoms with Gasteiger partial charge in [0.05, 0.1) is 12.1 Å². The monoisotopic (exact) mass is 500 g/mol. The van der Waals surface area contributed by atoms with E-state index in [0.29, 0.717) is 24.3 Å². The standard InChI is InChI=1S/C28H24N2O7/c31-27(12-29-28(32)33-13-16-4-2-1-3-5-16)30-21-6-17-8-23-25(36-14-34-23)10-19(17)22(30)7-18-9-24-26(11-20(18)21)37-15-35-24/h1-5,8-11,21-22H,6-7,12-15H2,(H,29,32). The van der Waals surface area contributed by atoms with Crippen LogP contribution < -0.4 is 24.3 Å². The summed E-state index contributed by atoms with van der Waals surface area (Å²) in [5, 5.41) is 2.63. The van der Waals surface area contributed by atoms with Crippen LogP contribution in [0.25, 0.3) is 0 Å². The lowest BCUT2D eigenvalue weighted by Crippen LogP contribution is -2.49. The molecule has 2 atom stereocenters. The van der Waals surface area contributed by atoms with Gasteiger partial charge >= 0.3 is 6.09 Å². The van der Waals surface area contributed by atoms with E-state index in [4.69, 9.17) is 23.7 Å². The topological polar surface area (TPSA) is 95.6 Å². The summed E-state index contributed by atoms with van der Waals surface area (Å²) in [5.74, 6) is 2.64. The summed E-state index contributed by atoms with van der Waals surface area (Å²) in [6.07, 6.45) is 0.588. The molecule has 2 bridgehead atoms. The van der Waals surface area contributed by atoms with Crippen molar-refractivity contribution in [3.63, 3.8) is 0 Å². The first-order valence-electron chi connectivity index (χ1n) is 12.2. The minimum Gasteiger partial charge on any atom is -0.454 e. The zero-order chi connectivity index (χ0) is 24.9. The molecule has 2 unspecified atom stereocenters. The Balaban J connectivity index is 1.15. The van der Waals surface area contributed by atoms with Crippen LogP contribution in [0.4, 0.5) is 4.79 Å². The molecule has 4 heterocycles. The third kappa shape index (κ3) is 3.78. The van der Waals surface area contributed by atoms with Crippen molar-refractivity contribution in [1.82, 2.24) is 10.2 Å². The minimum absolute atomic E-state index is 0.136. The van der Waals surface area contributed by atoms with Crippen molar-refractivity contribution in [1.29, 1.82) is 0 Å². The van der Waals surface area contributed by atoms with Crippen LogP contribution in [0.15, 0.2) is 54.6 Å². The summed E-state index contributed by atoms with van der Waals surface area (Å²) in [7, 11) is 0. The molecular weight excluding hydrogens is 476 g/mol. The number of nitrogens with one attached hydrogen (secondary N) is 1. The van der Waals surface area contributed by atoms with Crippen LogP contribution in [0.5, 0.6) is 23.0 Å². The number of nitrogens with zero attached hydrogens (tertiary/aromatic N) is 1. The zero-order valence-electron chi connectivity index (χ0n) is 19.9. The van der Waals surface area contributed by atoms with Gasteiger partial charge in [0.25, 0.3) is 0 Å². The molecule has 9 heteroatoms. The van der Waals surface area contributed by atoms with Crippen LogP contribution >= 0.6 is 0 Å². The van der Waals surface area contributed by atoms with Crippen LogP contribution in [0.2, 0.25) is 0 Å². The van der Waals surface area contributed by atoms with E-state index < -0.39 is 6.09 Å². The lowest BCUT2D eigenvalue weighted by molar-refractivity contribution is -0.137. The molecule has 0 spiro atoms. The first kappa shape index (κ1) is 21.8. The molecule has 4 aliphatic heterocycles. The molecule has 0 aromatic heterocycles. The highest BCUT2D eigenvalue weighted by molar-refractivity contribution is 5.84. The Bertz CT molecular complexity index is 1340. The zero-order valence-corrected chi connectivity index (χ0v) is 19.9. The van der Waals surface area contributed by atoms with Crippen molar-refractivity contribution in [2.24, 2.45) is 0 Å². The van der Waals surface area contributed by atoms with Gasteiger partial charge in [-0.05, 0) is 64.9 Å². The highest BCUT2D eigenvalue weighted by Crippen LogP contribution is 2.52. The number of benzene rings is 3. The van der Waals surface area contributed by atoms with Crippen LogP contribution in [0.3, 0.4) is 0 Å². The average Bonchev–Trinajstić information content (AvgIpc) is 3.57. The third-order valence-electron chi connectivity index (χ3n) is 7.37. The lowest BCUT2D eigenvalue weighted by Gasteiger charge is -2.48. The minimum atomic E-state index is -0.632. The Hall–Kier alpha value is -4.40. The highest BCUT2D eigenvalue weighted by Gasteiger charge is 2.44. The summed E-state index contributed by atoms with van der Waals surface area (Å²) in [6.45, 7) is 0.342. The largest absolute Gasteiger partial charge is 0.454 e. The predicted molar refractivity (Wildman–Crippen MR) is 129 cm³/mol. The maximum atomic E-state index is 13.6. The number of fused-ring (bicyclic) bond motifs is 8. The molecule has 0 radical (unpaired) electrons. The van der Waals surface area contributed by atoms with E-state index in [0.717, 1.165) is 39.3 Å². The van der Waals surface area contributed by atoms with Gasteiger partial charge in [0.2, 0.25) is 19.5 Å². The van der Waals surface area contributed by atoms with E-state index >= 15 is 0 Å². The fourth-order valence-electron chi connectivity index (χ4n) is 5.68. The summed E-state index contributed by atoms with van der Waals surface area (Å²) in [6, 6.07) is 17.0. The van der Waals surface area contributed by atoms with Crippen molar-refractivity contribution in [2.75, 3.05) is 20.1 Å². The van der Waals surface area contributed by atoms with E-state index in [2.05, 4.69) is 5.32 Å². The van der Waals surface area contributed by atoms with Gasteiger partial charge in [-0.3, -0.25) is 4.79 Å². The number of carbonyl (C=O) groups is 2. The molecule has 3 aromatic carbocycles. The molecule has 4 aliphatic rings. The predicted octanol–water partition coefficient (Wildman–Crippen LogP) is 3.79. The first-order valence-corrected chi connectivity index (χ1v) is 12.2. The van der Waals surface area contributed by atoms with Crippen LogP contribution in [0, 0.1) is 0 Å². The molecule has 0 saturated carbocycles. The van der Waals surface area contributed by atoms with Crippen molar-refractivity contribution >= 4 is 12.0 Å². The van der Waals surface area contributed by atoms with Gasteiger partial charge < -0.3 is 33.9 Å². The number of ether oxygens (including phenoxy) is 5. The molecule has 188 valence electrons. The number of hydrogen-bond donors (Lipinski definition) is 1. The average molecular weight is 501 g/mol. The third-order valence-corrected chi connectivity index (χ3v) is 7.37. The number of rotatable bonds is 4. The van der Waals surface area contributed by atoms with E-state index in [-0.39, 0.29) is 44.7 Å². The Kier molecular flexibility index (Phi) is 5.09. The summed E-state index contributed by atoms with van der Waals surface area (Å²) < 4.78 is 27.8. The Morgan fingerprint density at radius 3 is 1.92 bits per heavy atom. The van der Waals surface area contributed by atoms with Gasteiger partial charge in [-0.25, -0.2) is 4.79 Å². The van der Waals surface area contributed by atoms with Gasteiger partial charge in [-0.15, -0.1) is 0 Å². The Morgan fingerprint density at radius 1 is 0.811 bits per heavy atom. The van der Waals surface area contributed by atoms with E-state index in [1.807, 2.05) is 59.5 Å². The fraction of sp³-hybridized carbons (Fsp3) is 0.286. The molecule has 0 aliphatic carbocycles. The summed E-state index contributed by atoms with van der Waals surface area (Å²) in [4.78, 5) is 27.8. The molecule has 0 saturated heterocycles. The summed E-state index contributed by atoms with van der Waals surface area (Å²) >= 11 is 0. The Labute approximate surface area is 212 Å². The second-order valence-corrected chi connectivity index (χ2v) is 9.46. The van der Waals surface area contributed by atoms with Crippen molar-refractivity contribution < 1.29 is 33.3 Å². The highest BCUT2D eigenvalue weighted by atomic mass is 16.7. The second-order valence-electron chi connectivity index (χ2n) is 9.46. The second kappa shape index (κ2) is 8.62. The molecular formula is C28H24N2O7. The number of hydrogen-bond acceptors (Lipinski definition) is 7. The van der Waals surface area contributed by atoms with Gasteiger partial charge in [-0.2, -0.15) is 0 Å².